The third-order valence-electron chi connectivity index (χ3n) is 5.10. The molecule has 0 heterocycles. The molecule has 0 radical (unpaired) electrons. The van der Waals surface area contributed by atoms with Gasteiger partial charge in [-0.05, 0) is 73.7 Å². The van der Waals surface area contributed by atoms with E-state index in [2.05, 4.69) is 58.1 Å². The molecule has 0 saturated carbocycles. The number of ether oxygens (including phenoxy) is 1. The van der Waals surface area contributed by atoms with Gasteiger partial charge >= 0.3 is 6.09 Å². The summed E-state index contributed by atoms with van der Waals surface area (Å²) >= 11 is 0. The van der Waals surface area contributed by atoms with E-state index in [4.69, 9.17) is 4.74 Å². The average Bonchev–Trinajstić information content (AvgIpc) is 2.62. The number of carbonyl (C=O) groups is 1. The third-order valence-corrected chi connectivity index (χ3v) is 5.10. The van der Waals surface area contributed by atoms with Crippen LogP contribution < -0.4 is 10.1 Å². The topological polar surface area (TPSA) is 41.6 Å². The molecule has 0 aromatic heterocycles. The molecule has 0 unspecified atom stereocenters. The van der Waals surface area contributed by atoms with E-state index < -0.39 is 6.09 Å². The Balaban J connectivity index is 2.03. The molecule has 0 saturated heterocycles. The largest absolute Gasteiger partial charge is 0.417 e. The fourth-order valence-corrected chi connectivity index (χ4v) is 3.68. The zero-order chi connectivity index (χ0) is 20.7. The maximum absolute atomic E-state index is 12.3. The van der Waals surface area contributed by atoms with Gasteiger partial charge in [-0.1, -0.05) is 52.0 Å². The van der Waals surface area contributed by atoms with Gasteiger partial charge in [-0.25, -0.2) is 4.79 Å². The molecule has 2 aromatic rings. The highest BCUT2D eigenvalue weighted by molar-refractivity contribution is 5.86. The van der Waals surface area contributed by atoms with Gasteiger partial charge in [-0.3, -0.25) is 5.32 Å². The minimum atomic E-state index is -0.469. The van der Waals surface area contributed by atoms with Gasteiger partial charge in [0.2, 0.25) is 0 Å². The molecule has 0 bridgehead atoms. The Bertz CT molecular complexity index is 753. The summed E-state index contributed by atoms with van der Waals surface area (Å²) in [4.78, 5) is 14.5. The van der Waals surface area contributed by atoms with Gasteiger partial charge in [0.1, 0.15) is 5.75 Å². The number of hydrogen-bond acceptors (Lipinski definition) is 3. The smallest absolute Gasteiger partial charge is 0.410 e. The zero-order valence-corrected chi connectivity index (χ0v) is 18.0. The number of amides is 1. The van der Waals surface area contributed by atoms with Crippen LogP contribution in [0, 0.1) is 5.92 Å². The molecule has 1 amide bonds. The summed E-state index contributed by atoms with van der Waals surface area (Å²) in [5.41, 5.74) is 3.18. The number of nitrogens with zero attached hydrogens (tertiary/aromatic N) is 1. The van der Waals surface area contributed by atoms with Crippen LogP contribution in [0.25, 0.3) is 0 Å². The van der Waals surface area contributed by atoms with Crippen LogP contribution in [-0.4, -0.2) is 31.6 Å². The van der Waals surface area contributed by atoms with Crippen LogP contribution in [0.3, 0.4) is 0 Å². The Morgan fingerprint density at radius 3 is 2.29 bits per heavy atom. The standard InChI is InChI=1S/C24H34N2O2/c1-7-23(18(4)16-26(5)6)20-9-8-10-22(15-20)28-24(27)25-21-13-11-19(12-14-21)17(2)3/h8-15,17-18,23H,7,16H2,1-6H3,(H,25,27)/t18-,23+/m1/s1. The Hall–Kier alpha value is -2.33. The maximum atomic E-state index is 12.3. The minimum absolute atomic E-state index is 0.428. The fourth-order valence-electron chi connectivity index (χ4n) is 3.68. The van der Waals surface area contributed by atoms with E-state index in [1.54, 1.807) is 0 Å². The molecule has 0 fully saturated rings. The first-order valence-electron chi connectivity index (χ1n) is 10.1. The van der Waals surface area contributed by atoms with Crippen LogP contribution in [0.15, 0.2) is 48.5 Å². The number of anilines is 1. The fraction of sp³-hybridized carbons (Fsp3) is 0.458. The molecule has 4 heteroatoms. The van der Waals surface area contributed by atoms with Gasteiger partial charge in [0.15, 0.2) is 0 Å². The quantitative estimate of drug-likeness (QED) is 0.599. The highest BCUT2D eigenvalue weighted by Gasteiger charge is 2.19. The summed E-state index contributed by atoms with van der Waals surface area (Å²) in [6.45, 7) is 9.79. The van der Waals surface area contributed by atoms with Crippen molar-refractivity contribution in [2.45, 2.75) is 46.0 Å². The molecule has 2 rings (SSSR count). The highest BCUT2D eigenvalue weighted by atomic mass is 16.6. The Morgan fingerprint density at radius 1 is 1.04 bits per heavy atom. The van der Waals surface area contributed by atoms with Crippen LogP contribution in [0.5, 0.6) is 5.75 Å². The number of carbonyl (C=O) groups excluding carboxylic acids is 1. The van der Waals surface area contributed by atoms with Crippen LogP contribution in [-0.2, 0) is 0 Å². The Kier molecular flexibility index (Phi) is 8.06. The van der Waals surface area contributed by atoms with E-state index in [0.717, 1.165) is 18.7 Å². The number of nitrogens with one attached hydrogen (secondary N) is 1. The van der Waals surface area contributed by atoms with Crippen molar-refractivity contribution < 1.29 is 9.53 Å². The second-order valence-corrected chi connectivity index (χ2v) is 8.12. The maximum Gasteiger partial charge on any atom is 0.417 e. The van der Waals surface area contributed by atoms with Gasteiger partial charge in [0, 0.05) is 12.2 Å². The van der Waals surface area contributed by atoms with Crippen molar-refractivity contribution in [3.05, 3.63) is 59.7 Å². The number of hydrogen-bond donors (Lipinski definition) is 1. The monoisotopic (exact) mass is 382 g/mol. The van der Waals surface area contributed by atoms with Crippen LogP contribution >= 0.6 is 0 Å². The molecular formula is C24H34N2O2. The van der Waals surface area contributed by atoms with Gasteiger partial charge in [0.05, 0.1) is 0 Å². The minimum Gasteiger partial charge on any atom is -0.410 e. The van der Waals surface area contributed by atoms with E-state index >= 15 is 0 Å². The van der Waals surface area contributed by atoms with Gasteiger partial charge in [0.25, 0.3) is 0 Å². The van der Waals surface area contributed by atoms with E-state index in [0.29, 0.717) is 23.5 Å². The summed E-state index contributed by atoms with van der Waals surface area (Å²) in [5, 5.41) is 2.80. The lowest BCUT2D eigenvalue weighted by Crippen LogP contribution is -2.24. The summed E-state index contributed by atoms with van der Waals surface area (Å²) in [6, 6.07) is 15.8. The summed E-state index contributed by atoms with van der Waals surface area (Å²) in [6.07, 6.45) is 0.580. The van der Waals surface area contributed by atoms with Crippen molar-refractivity contribution in [1.82, 2.24) is 4.90 Å². The van der Waals surface area contributed by atoms with Crippen molar-refractivity contribution >= 4 is 11.8 Å². The first-order chi connectivity index (χ1) is 13.3. The lowest BCUT2D eigenvalue weighted by Gasteiger charge is -2.26. The molecule has 1 N–H and O–H groups in total. The van der Waals surface area contributed by atoms with Crippen molar-refractivity contribution in [2.24, 2.45) is 5.92 Å². The normalized spacial score (nSPS) is 13.4. The summed E-state index contributed by atoms with van der Waals surface area (Å²) < 4.78 is 5.53. The Labute approximate surface area is 169 Å². The van der Waals surface area contributed by atoms with Crippen LogP contribution in [0.4, 0.5) is 10.5 Å². The molecule has 4 nitrogen and oxygen atoms in total. The van der Waals surface area contributed by atoms with E-state index in [9.17, 15) is 4.79 Å². The van der Waals surface area contributed by atoms with E-state index in [1.165, 1.54) is 11.1 Å². The van der Waals surface area contributed by atoms with Crippen molar-refractivity contribution in [3.8, 4) is 5.75 Å². The first kappa shape index (κ1) is 22.0. The Morgan fingerprint density at radius 2 is 1.71 bits per heavy atom. The molecule has 0 aliphatic carbocycles. The second-order valence-electron chi connectivity index (χ2n) is 8.12. The lowest BCUT2D eigenvalue weighted by molar-refractivity contribution is 0.215. The van der Waals surface area contributed by atoms with Crippen molar-refractivity contribution in [3.63, 3.8) is 0 Å². The molecule has 28 heavy (non-hydrogen) atoms. The predicted octanol–water partition coefficient (Wildman–Crippen LogP) is 6.11. The highest BCUT2D eigenvalue weighted by Crippen LogP contribution is 2.30. The molecular weight excluding hydrogens is 348 g/mol. The first-order valence-corrected chi connectivity index (χ1v) is 10.1. The summed E-state index contributed by atoms with van der Waals surface area (Å²) in [5.74, 6) is 1.98. The average molecular weight is 383 g/mol. The van der Waals surface area contributed by atoms with Gasteiger partial charge in [-0.15, -0.1) is 0 Å². The van der Waals surface area contributed by atoms with Crippen molar-refractivity contribution in [1.29, 1.82) is 0 Å². The predicted molar refractivity (Wildman–Crippen MR) is 117 cm³/mol. The lowest BCUT2D eigenvalue weighted by atomic mass is 9.85. The molecule has 2 atom stereocenters. The molecule has 152 valence electrons. The second kappa shape index (κ2) is 10.3. The number of rotatable bonds is 8. The van der Waals surface area contributed by atoms with Gasteiger partial charge < -0.3 is 9.64 Å². The SMILES string of the molecule is CC[C@H](c1cccc(OC(=O)Nc2ccc(C(C)C)cc2)c1)[C@H](C)CN(C)C. The van der Waals surface area contributed by atoms with Gasteiger partial charge in [-0.2, -0.15) is 0 Å². The molecule has 0 aliphatic heterocycles. The van der Waals surface area contributed by atoms with Crippen LogP contribution in [0.2, 0.25) is 0 Å². The van der Waals surface area contributed by atoms with E-state index in [1.807, 2.05) is 42.5 Å². The zero-order valence-electron chi connectivity index (χ0n) is 18.0. The van der Waals surface area contributed by atoms with Crippen LogP contribution in [0.1, 0.15) is 57.1 Å². The number of benzene rings is 2. The molecule has 0 aliphatic rings. The van der Waals surface area contributed by atoms with Crippen molar-refractivity contribution in [2.75, 3.05) is 26.0 Å². The van der Waals surface area contributed by atoms with E-state index in [-0.39, 0.29) is 0 Å². The summed E-state index contributed by atoms with van der Waals surface area (Å²) in [7, 11) is 4.20. The third kappa shape index (κ3) is 6.38. The molecule has 0 spiro atoms. The molecule has 2 aromatic carbocycles.